The number of hydrogen-bond acceptors (Lipinski definition) is 2. The van der Waals surface area contributed by atoms with Crippen LogP contribution < -0.4 is 5.56 Å². The van der Waals surface area contributed by atoms with Crippen LogP contribution in [0.4, 0.5) is 0 Å². The zero-order chi connectivity index (χ0) is 11.0. The molecule has 0 aromatic carbocycles. The fourth-order valence-electron chi connectivity index (χ4n) is 1.67. The number of aromatic nitrogens is 3. The maximum atomic E-state index is 11.9. The summed E-state index contributed by atoms with van der Waals surface area (Å²) in [6, 6.07) is 1.94. The van der Waals surface area contributed by atoms with E-state index in [4.69, 9.17) is 0 Å². The molecule has 2 aromatic heterocycles. The van der Waals surface area contributed by atoms with Gasteiger partial charge in [0.2, 0.25) is 0 Å². The maximum Gasteiger partial charge on any atom is 0.275 e. The standard InChI is InChI=1S/C11H15N3O/c1-4-5-9-6-10-12-8(3)7(2)11(15)14(10)13-9/h6,13H,4-5H2,1-3H3. The molecule has 2 rings (SSSR count). The number of rotatable bonds is 2. The van der Waals surface area contributed by atoms with Gasteiger partial charge in [-0.3, -0.25) is 9.89 Å². The summed E-state index contributed by atoms with van der Waals surface area (Å²) in [7, 11) is 0. The molecule has 80 valence electrons. The fourth-order valence-corrected chi connectivity index (χ4v) is 1.67. The summed E-state index contributed by atoms with van der Waals surface area (Å²) in [6.07, 6.45) is 2.00. The van der Waals surface area contributed by atoms with Gasteiger partial charge >= 0.3 is 0 Å². The fraction of sp³-hybridized carbons (Fsp3) is 0.455. The van der Waals surface area contributed by atoms with Gasteiger partial charge in [-0.05, 0) is 20.3 Å². The molecule has 4 nitrogen and oxygen atoms in total. The zero-order valence-electron chi connectivity index (χ0n) is 9.29. The molecule has 0 aliphatic rings. The highest BCUT2D eigenvalue weighted by Crippen LogP contribution is 2.06. The van der Waals surface area contributed by atoms with Gasteiger partial charge in [-0.2, -0.15) is 0 Å². The van der Waals surface area contributed by atoms with Crippen LogP contribution in [0.25, 0.3) is 5.65 Å². The van der Waals surface area contributed by atoms with Crippen molar-refractivity contribution in [2.75, 3.05) is 0 Å². The highest BCUT2D eigenvalue weighted by Gasteiger charge is 2.07. The number of hydrogen-bond donors (Lipinski definition) is 1. The van der Waals surface area contributed by atoms with Gasteiger partial charge < -0.3 is 0 Å². The molecule has 0 fully saturated rings. The molecule has 0 saturated heterocycles. The molecule has 0 aliphatic heterocycles. The highest BCUT2D eigenvalue weighted by atomic mass is 16.1. The van der Waals surface area contributed by atoms with E-state index in [1.165, 1.54) is 4.52 Å². The largest absolute Gasteiger partial charge is 0.294 e. The summed E-state index contributed by atoms with van der Waals surface area (Å²) in [6.45, 7) is 5.78. The Morgan fingerprint density at radius 2 is 2.20 bits per heavy atom. The molecule has 0 bridgehead atoms. The van der Waals surface area contributed by atoms with E-state index in [1.807, 2.05) is 13.0 Å². The Labute approximate surface area is 87.9 Å². The third-order valence-corrected chi connectivity index (χ3v) is 2.66. The molecule has 15 heavy (non-hydrogen) atoms. The van der Waals surface area contributed by atoms with Crippen molar-refractivity contribution in [3.8, 4) is 0 Å². The Bertz CT molecular complexity index is 551. The van der Waals surface area contributed by atoms with Crippen molar-refractivity contribution in [1.82, 2.24) is 14.6 Å². The average Bonchev–Trinajstić information content (AvgIpc) is 2.58. The predicted molar refractivity (Wildman–Crippen MR) is 59.3 cm³/mol. The van der Waals surface area contributed by atoms with Gasteiger partial charge in [0.1, 0.15) is 0 Å². The van der Waals surface area contributed by atoms with E-state index in [0.29, 0.717) is 11.2 Å². The van der Waals surface area contributed by atoms with Gasteiger partial charge in [-0.15, -0.1) is 0 Å². The summed E-state index contributed by atoms with van der Waals surface area (Å²) in [4.78, 5) is 16.2. The van der Waals surface area contributed by atoms with E-state index in [2.05, 4.69) is 17.0 Å². The second kappa shape index (κ2) is 3.53. The molecule has 0 amide bonds. The predicted octanol–water partition coefficient (Wildman–Crippen LogP) is 1.59. The van der Waals surface area contributed by atoms with E-state index in [0.717, 1.165) is 24.2 Å². The molecule has 4 heteroatoms. The second-order valence-electron chi connectivity index (χ2n) is 3.85. The lowest BCUT2D eigenvalue weighted by molar-refractivity contribution is 0.809. The van der Waals surface area contributed by atoms with Crippen molar-refractivity contribution in [1.29, 1.82) is 0 Å². The molecular formula is C11H15N3O. The molecular weight excluding hydrogens is 190 g/mol. The first kappa shape index (κ1) is 9.96. The van der Waals surface area contributed by atoms with Crippen molar-refractivity contribution in [3.63, 3.8) is 0 Å². The number of aryl methyl sites for hydroxylation is 2. The molecule has 2 aromatic rings. The summed E-state index contributed by atoms with van der Waals surface area (Å²) in [5.41, 5.74) is 3.29. The third kappa shape index (κ3) is 1.56. The summed E-state index contributed by atoms with van der Waals surface area (Å²) < 4.78 is 1.52. The molecule has 2 heterocycles. The number of fused-ring (bicyclic) bond motifs is 1. The third-order valence-electron chi connectivity index (χ3n) is 2.66. The minimum atomic E-state index is -0.000136. The molecule has 0 spiro atoms. The van der Waals surface area contributed by atoms with Gasteiger partial charge in [-0.25, -0.2) is 9.50 Å². The van der Waals surface area contributed by atoms with Crippen LogP contribution >= 0.6 is 0 Å². The SMILES string of the molecule is CCCc1cc2nc(C)c(C)c(=O)n2[nH]1. The Morgan fingerprint density at radius 3 is 2.87 bits per heavy atom. The van der Waals surface area contributed by atoms with Crippen LogP contribution in [0, 0.1) is 13.8 Å². The molecule has 0 radical (unpaired) electrons. The van der Waals surface area contributed by atoms with Crippen LogP contribution in [0.1, 0.15) is 30.3 Å². The first-order valence-corrected chi connectivity index (χ1v) is 5.21. The van der Waals surface area contributed by atoms with Crippen LogP contribution in [-0.2, 0) is 6.42 Å². The Hall–Kier alpha value is -1.58. The Balaban J connectivity index is 2.71. The van der Waals surface area contributed by atoms with Gasteiger partial charge in [0.15, 0.2) is 5.65 Å². The van der Waals surface area contributed by atoms with Crippen LogP contribution in [0.5, 0.6) is 0 Å². The molecule has 0 atom stereocenters. The lowest BCUT2D eigenvalue weighted by atomic mass is 10.2. The lowest BCUT2D eigenvalue weighted by Gasteiger charge is -1.98. The minimum absolute atomic E-state index is 0.000136. The first-order chi connectivity index (χ1) is 7.13. The number of H-pyrrole nitrogens is 1. The molecule has 1 N–H and O–H groups in total. The number of nitrogens with zero attached hydrogens (tertiary/aromatic N) is 2. The lowest BCUT2D eigenvalue weighted by Crippen LogP contribution is -2.19. The van der Waals surface area contributed by atoms with Crippen molar-refractivity contribution in [3.05, 3.63) is 33.4 Å². The summed E-state index contributed by atoms with van der Waals surface area (Å²) in [5.74, 6) is 0. The Kier molecular flexibility index (Phi) is 2.34. The number of aromatic amines is 1. The molecule has 0 aliphatic carbocycles. The quantitative estimate of drug-likeness (QED) is 0.809. The average molecular weight is 205 g/mol. The highest BCUT2D eigenvalue weighted by molar-refractivity contribution is 5.41. The van der Waals surface area contributed by atoms with E-state index < -0.39 is 0 Å². The van der Waals surface area contributed by atoms with Crippen molar-refractivity contribution >= 4 is 5.65 Å². The molecule has 0 saturated carbocycles. The van der Waals surface area contributed by atoms with Gasteiger partial charge in [0.25, 0.3) is 5.56 Å². The minimum Gasteiger partial charge on any atom is -0.294 e. The molecule has 0 unspecified atom stereocenters. The maximum absolute atomic E-state index is 11.9. The van der Waals surface area contributed by atoms with Crippen molar-refractivity contribution in [2.24, 2.45) is 0 Å². The van der Waals surface area contributed by atoms with Crippen LogP contribution in [-0.4, -0.2) is 14.6 Å². The van der Waals surface area contributed by atoms with Crippen molar-refractivity contribution < 1.29 is 0 Å². The normalized spacial score (nSPS) is 11.1. The second-order valence-corrected chi connectivity index (χ2v) is 3.85. The smallest absolute Gasteiger partial charge is 0.275 e. The van der Waals surface area contributed by atoms with E-state index in [-0.39, 0.29) is 5.56 Å². The van der Waals surface area contributed by atoms with E-state index >= 15 is 0 Å². The summed E-state index contributed by atoms with van der Waals surface area (Å²) >= 11 is 0. The Morgan fingerprint density at radius 1 is 1.47 bits per heavy atom. The van der Waals surface area contributed by atoms with Gasteiger partial charge in [0, 0.05) is 23.0 Å². The van der Waals surface area contributed by atoms with Gasteiger partial charge in [-0.1, -0.05) is 13.3 Å². The monoisotopic (exact) mass is 205 g/mol. The zero-order valence-corrected chi connectivity index (χ0v) is 9.29. The first-order valence-electron chi connectivity index (χ1n) is 5.21. The van der Waals surface area contributed by atoms with E-state index in [9.17, 15) is 4.79 Å². The van der Waals surface area contributed by atoms with Crippen LogP contribution in [0.15, 0.2) is 10.9 Å². The topological polar surface area (TPSA) is 50.2 Å². The van der Waals surface area contributed by atoms with Crippen LogP contribution in [0.2, 0.25) is 0 Å². The van der Waals surface area contributed by atoms with Gasteiger partial charge in [0.05, 0.1) is 0 Å². The van der Waals surface area contributed by atoms with E-state index in [1.54, 1.807) is 6.92 Å². The summed E-state index contributed by atoms with van der Waals surface area (Å²) in [5, 5.41) is 3.07. The van der Waals surface area contributed by atoms with Crippen LogP contribution in [0.3, 0.4) is 0 Å². The van der Waals surface area contributed by atoms with Crippen molar-refractivity contribution in [2.45, 2.75) is 33.6 Å². The number of nitrogens with one attached hydrogen (secondary N) is 1.